The Morgan fingerprint density at radius 2 is 1.88 bits per heavy atom. The highest BCUT2D eigenvalue weighted by atomic mass is 15.0. The molecule has 88 valence electrons. The van der Waals surface area contributed by atoms with Crippen molar-refractivity contribution in [3.05, 3.63) is 47.2 Å². The molecule has 0 bridgehead atoms. The molecule has 2 aromatic heterocycles. The first-order valence-electron chi connectivity index (χ1n) is 5.61. The average Bonchev–Trinajstić information content (AvgIpc) is 2.27. The predicted octanol–water partition coefficient (Wildman–Crippen LogP) is 2.41. The SMILES string of the molecule is Cc1ccc(CNc2cc(C)nc(C)n2)cn1. The van der Waals surface area contributed by atoms with Crippen LogP contribution < -0.4 is 5.32 Å². The van der Waals surface area contributed by atoms with Crippen molar-refractivity contribution < 1.29 is 0 Å². The Kier molecular flexibility index (Phi) is 3.32. The molecule has 17 heavy (non-hydrogen) atoms. The van der Waals surface area contributed by atoms with E-state index < -0.39 is 0 Å². The van der Waals surface area contributed by atoms with Gasteiger partial charge in [-0.25, -0.2) is 9.97 Å². The average molecular weight is 228 g/mol. The van der Waals surface area contributed by atoms with Crippen molar-refractivity contribution in [2.75, 3.05) is 5.32 Å². The van der Waals surface area contributed by atoms with Crippen molar-refractivity contribution in [2.45, 2.75) is 27.3 Å². The number of anilines is 1. The first-order valence-corrected chi connectivity index (χ1v) is 5.61. The first-order chi connectivity index (χ1) is 8.13. The zero-order chi connectivity index (χ0) is 12.3. The number of nitrogens with one attached hydrogen (secondary N) is 1. The standard InChI is InChI=1S/C13H16N4/c1-9-4-5-12(7-14-9)8-15-13-6-10(2)16-11(3)17-13/h4-7H,8H2,1-3H3,(H,15,16,17). The Bertz CT molecular complexity index is 485. The van der Waals surface area contributed by atoms with Gasteiger partial charge in [0.2, 0.25) is 0 Å². The van der Waals surface area contributed by atoms with Crippen LogP contribution in [-0.2, 0) is 6.54 Å². The van der Waals surface area contributed by atoms with Crippen LogP contribution >= 0.6 is 0 Å². The summed E-state index contributed by atoms with van der Waals surface area (Å²) in [4.78, 5) is 12.8. The van der Waals surface area contributed by atoms with Crippen molar-refractivity contribution in [1.82, 2.24) is 15.0 Å². The normalized spacial score (nSPS) is 10.3. The van der Waals surface area contributed by atoms with Gasteiger partial charge >= 0.3 is 0 Å². The molecule has 2 aromatic rings. The Morgan fingerprint density at radius 1 is 1.06 bits per heavy atom. The van der Waals surface area contributed by atoms with Crippen LogP contribution in [0.1, 0.15) is 22.8 Å². The summed E-state index contributed by atoms with van der Waals surface area (Å²) in [5.41, 5.74) is 3.15. The van der Waals surface area contributed by atoms with Crippen LogP contribution in [0.5, 0.6) is 0 Å². The summed E-state index contributed by atoms with van der Waals surface area (Å²) in [7, 11) is 0. The molecule has 0 atom stereocenters. The molecule has 0 saturated carbocycles. The van der Waals surface area contributed by atoms with Crippen LogP contribution in [0, 0.1) is 20.8 Å². The molecule has 0 aliphatic heterocycles. The smallest absolute Gasteiger partial charge is 0.130 e. The van der Waals surface area contributed by atoms with Crippen LogP contribution in [0.4, 0.5) is 5.82 Å². The van der Waals surface area contributed by atoms with Crippen LogP contribution in [0.15, 0.2) is 24.4 Å². The van der Waals surface area contributed by atoms with E-state index in [2.05, 4.69) is 26.3 Å². The summed E-state index contributed by atoms with van der Waals surface area (Å²) in [6.45, 7) is 6.57. The van der Waals surface area contributed by atoms with Gasteiger partial charge in [0, 0.05) is 30.2 Å². The zero-order valence-electron chi connectivity index (χ0n) is 10.4. The molecule has 1 N–H and O–H groups in total. The Hall–Kier alpha value is -1.97. The summed E-state index contributed by atoms with van der Waals surface area (Å²) in [5, 5.41) is 3.27. The maximum Gasteiger partial charge on any atom is 0.130 e. The molecule has 0 aliphatic carbocycles. The molecular weight excluding hydrogens is 212 g/mol. The fourth-order valence-corrected chi connectivity index (χ4v) is 1.60. The van der Waals surface area contributed by atoms with E-state index >= 15 is 0 Å². The molecule has 0 radical (unpaired) electrons. The largest absolute Gasteiger partial charge is 0.366 e. The van der Waals surface area contributed by atoms with E-state index in [4.69, 9.17) is 0 Å². The number of pyridine rings is 1. The number of hydrogen-bond acceptors (Lipinski definition) is 4. The Labute approximate surface area is 101 Å². The van der Waals surface area contributed by atoms with Gasteiger partial charge in [-0.1, -0.05) is 6.07 Å². The number of aromatic nitrogens is 3. The Balaban J connectivity index is 2.04. The van der Waals surface area contributed by atoms with Crippen LogP contribution in [0.25, 0.3) is 0 Å². The summed E-state index contributed by atoms with van der Waals surface area (Å²) >= 11 is 0. The van der Waals surface area contributed by atoms with Crippen molar-refractivity contribution in [3.8, 4) is 0 Å². The number of rotatable bonds is 3. The van der Waals surface area contributed by atoms with Gasteiger partial charge in [-0.05, 0) is 32.4 Å². The topological polar surface area (TPSA) is 50.7 Å². The molecule has 0 fully saturated rings. The highest BCUT2D eigenvalue weighted by molar-refractivity contribution is 5.36. The molecule has 0 saturated heterocycles. The summed E-state index contributed by atoms with van der Waals surface area (Å²) in [6.07, 6.45) is 1.88. The first kappa shape index (κ1) is 11.5. The van der Waals surface area contributed by atoms with Gasteiger partial charge in [0.1, 0.15) is 11.6 Å². The lowest BCUT2D eigenvalue weighted by atomic mass is 10.2. The number of aryl methyl sites for hydroxylation is 3. The van der Waals surface area contributed by atoms with Gasteiger partial charge < -0.3 is 5.32 Å². The maximum atomic E-state index is 4.32. The molecule has 4 nitrogen and oxygen atoms in total. The van der Waals surface area contributed by atoms with Gasteiger partial charge in [-0.15, -0.1) is 0 Å². The lowest BCUT2D eigenvalue weighted by molar-refractivity contribution is 0.987. The fourth-order valence-electron chi connectivity index (χ4n) is 1.60. The predicted molar refractivity (Wildman–Crippen MR) is 67.8 cm³/mol. The summed E-state index contributed by atoms with van der Waals surface area (Å²) < 4.78 is 0. The molecule has 0 aromatic carbocycles. The van der Waals surface area contributed by atoms with Gasteiger partial charge in [0.05, 0.1) is 0 Å². The zero-order valence-corrected chi connectivity index (χ0v) is 10.4. The fraction of sp³-hybridized carbons (Fsp3) is 0.308. The van der Waals surface area contributed by atoms with E-state index in [1.807, 2.05) is 39.1 Å². The number of nitrogens with zero attached hydrogens (tertiary/aromatic N) is 3. The number of hydrogen-bond donors (Lipinski definition) is 1. The highest BCUT2D eigenvalue weighted by Crippen LogP contribution is 2.08. The monoisotopic (exact) mass is 228 g/mol. The molecule has 4 heteroatoms. The van der Waals surface area contributed by atoms with E-state index in [-0.39, 0.29) is 0 Å². The van der Waals surface area contributed by atoms with E-state index in [0.29, 0.717) is 0 Å². The van der Waals surface area contributed by atoms with Crippen molar-refractivity contribution in [3.63, 3.8) is 0 Å². The minimum atomic E-state index is 0.725. The third-order valence-electron chi connectivity index (χ3n) is 2.41. The van der Waals surface area contributed by atoms with Crippen LogP contribution in [-0.4, -0.2) is 15.0 Å². The second-order valence-corrected chi connectivity index (χ2v) is 4.10. The van der Waals surface area contributed by atoms with Crippen molar-refractivity contribution in [2.24, 2.45) is 0 Å². The lowest BCUT2D eigenvalue weighted by Crippen LogP contribution is -2.04. The maximum absolute atomic E-state index is 4.32. The van der Waals surface area contributed by atoms with Gasteiger partial charge in [-0.3, -0.25) is 4.98 Å². The van der Waals surface area contributed by atoms with E-state index in [1.165, 1.54) is 0 Å². The minimum Gasteiger partial charge on any atom is -0.366 e. The van der Waals surface area contributed by atoms with Gasteiger partial charge in [-0.2, -0.15) is 0 Å². The summed E-state index contributed by atoms with van der Waals surface area (Å²) in [6, 6.07) is 6.01. The minimum absolute atomic E-state index is 0.725. The van der Waals surface area contributed by atoms with Gasteiger partial charge in [0.25, 0.3) is 0 Å². The molecule has 0 spiro atoms. The van der Waals surface area contributed by atoms with E-state index in [0.717, 1.165) is 35.1 Å². The molecule has 0 amide bonds. The second kappa shape index (κ2) is 4.91. The second-order valence-electron chi connectivity index (χ2n) is 4.10. The molecule has 0 unspecified atom stereocenters. The molecule has 2 heterocycles. The van der Waals surface area contributed by atoms with Crippen LogP contribution in [0.3, 0.4) is 0 Å². The van der Waals surface area contributed by atoms with Crippen molar-refractivity contribution >= 4 is 5.82 Å². The van der Waals surface area contributed by atoms with Gasteiger partial charge in [0.15, 0.2) is 0 Å². The van der Waals surface area contributed by atoms with E-state index in [1.54, 1.807) is 0 Å². The summed E-state index contributed by atoms with van der Waals surface area (Å²) in [5.74, 6) is 1.64. The van der Waals surface area contributed by atoms with E-state index in [9.17, 15) is 0 Å². The van der Waals surface area contributed by atoms with Crippen molar-refractivity contribution in [1.29, 1.82) is 0 Å². The van der Waals surface area contributed by atoms with Crippen LogP contribution in [0.2, 0.25) is 0 Å². The molecule has 0 aliphatic rings. The quantitative estimate of drug-likeness (QED) is 0.876. The lowest BCUT2D eigenvalue weighted by Gasteiger charge is -2.07. The highest BCUT2D eigenvalue weighted by Gasteiger charge is 1.99. The molecule has 2 rings (SSSR count). The Morgan fingerprint density at radius 3 is 2.53 bits per heavy atom. The third-order valence-corrected chi connectivity index (χ3v) is 2.41. The molecular formula is C13H16N4. The third kappa shape index (κ3) is 3.24.